The molecule has 0 spiro atoms. The molecule has 8 nitrogen and oxygen atoms in total. The number of nitrogens with one attached hydrogen (secondary N) is 1. The average Bonchev–Trinajstić information content (AvgIpc) is 3.66. The lowest BCUT2D eigenvalue weighted by atomic mass is 9.62. The van der Waals surface area contributed by atoms with Crippen LogP contribution in [0.5, 0.6) is 0 Å². The molecule has 1 fully saturated rings. The quantitative estimate of drug-likeness (QED) is 0.238. The van der Waals surface area contributed by atoms with Gasteiger partial charge in [-0.25, -0.2) is 0 Å². The molecule has 7 rings (SSSR count). The number of nitrogens with zero attached hydrogens (tertiary/aromatic N) is 2. The van der Waals surface area contributed by atoms with Crippen LogP contribution < -0.4 is 5.32 Å². The molecule has 0 radical (unpaired) electrons. The number of furan rings is 1. The van der Waals surface area contributed by atoms with Crippen molar-refractivity contribution in [1.29, 1.82) is 0 Å². The minimum Gasteiger partial charge on any atom is -0.467 e. The van der Waals surface area contributed by atoms with Crippen LogP contribution >= 0.6 is 0 Å². The van der Waals surface area contributed by atoms with Gasteiger partial charge in [0, 0.05) is 5.69 Å². The van der Waals surface area contributed by atoms with Crippen molar-refractivity contribution in [2.75, 3.05) is 11.9 Å². The lowest BCUT2D eigenvalue weighted by Crippen LogP contribution is -2.63. The van der Waals surface area contributed by atoms with E-state index in [-0.39, 0.29) is 29.5 Å². The zero-order valence-electron chi connectivity index (χ0n) is 27.0. The van der Waals surface area contributed by atoms with Crippen molar-refractivity contribution in [3.8, 4) is 0 Å². The number of imide groups is 1. The Labute approximate surface area is 274 Å². The van der Waals surface area contributed by atoms with Crippen molar-refractivity contribution in [1.82, 2.24) is 9.80 Å². The molecule has 3 aromatic carbocycles. The van der Waals surface area contributed by atoms with Crippen molar-refractivity contribution < 1.29 is 23.6 Å². The molecule has 1 unspecified atom stereocenters. The van der Waals surface area contributed by atoms with Crippen LogP contribution in [0.15, 0.2) is 83.5 Å². The zero-order valence-corrected chi connectivity index (χ0v) is 27.0. The lowest BCUT2D eigenvalue weighted by molar-refractivity contribution is -0.151. The molecule has 3 aliphatic rings. The molecule has 3 atom stereocenters. The molecule has 240 valence electrons. The SMILES string of the molecule is Cc1cc(C)c(NC(=O)C2(N(Cc3ccco3)C(=O)CN3C(=O)c4ccccc4C3=O)CC[C@@H]3Cc4ccccc4C[C@H]3C2)c(C)c1. The van der Waals surface area contributed by atoms with Gasteiger partial charge in [0.1, 0.15) is 17.8 Å². The molecule has 0 saturated heterocycles. The van der Waals surface area contributed by atoms with E-state index < -0.39 is 29.8 Å². The topological polar surface area (TPSA) is 99.9 Å². The normalized spacial score (nSPS) is 21.6. The maximum Gasteiger partial charge on any atom is 0.262 e. The standard InChI is InChI=1S/C39H39N3O5/c1-24-17-25(2)35(26(3)18-24)40-38(46)39(15-14-29-19-27-9-4-5-10-28(27)20-30(29)21-39)42(22-31-11-8-16-47-31)34(43)23-41-36(44)32-12-6-7-13-33(32)37(41)45/h4-13,16-18,29-30H,14-15,19-23H2,1-3H3,(H,40,46)/t29-,30+,39?/m1/s1. The third-order valence-corrected chi connectivity index (χ3v) is 10.5. The number of carbonyl (C=O) groups is 4. The Hall–Kier alpha value is -4.98. The van der Waals surface area contributed by atoms with Crippen LogP contribution in [-0.4, -0.2) is 45.5 Å². The first-order valence-electron chi connectivity index (χ1n) is 16.4. The fourth-order valence-electron chi connectivity index (χ4n) is 8.21. The number of fused-ring (bicyclic) bond motifs is 3. The van der Waals surface area contributed by atoms with Crippen molar-refractivity contribution >= 4 is 29.3 Å². The summed E-state index contributed by atoms with van der Waals surface area (Å²) in [6.45, 7) is 5.54. The Balaban J connectivity index is 1.29. The highest BCUT2D eigenvalue weighted by Crippen LogP contribution is 2.47. The van der Waals surface area contributed by atoms with Gasteiger partial charge in [0.25, 0.3) is 11.8 Å². The van der Waals surface area contributed by atoms with E-state index in [0.717, 1.165) is 46.5 Å². The van der Waals surface area contributed by atoms with E-state index in [2.05, 4.69) is 29.6 Å². The van der Waals surface area contributed by atoms with Crippen molar-refractivity contribution in [2.45, 2.75) is 65.0 Å². The second-order valence-corrected chi connectivity index (χ2v) is 13.5. The molecule has 1 N–H and O–H groups in total. The van der Waals surface area contributed by atoms with Crippen LogP contribution in [0.1, 0.15) is 73.6 Å². The molecular formula is C39H39N3O5. The number of anilines is 1. The van der Waals surface area contributed by atoms with E-state index in [9.17, 15) is 19.2 Å². The molecule has 47 heavy (non-hydrogen) atoms. The minimum absolute atomic E-state index is 0.0300. The van der Waals surface area contributed by atoms with Crippen LogP contribution in [0.3, 0.4) is 0 Å². The average molecular weight is 630 g/mol. The predicted molar refractivity (Wildman–Crippen MR) is 178 cm³/mol. The molecule has 2 heterocycles. The number of amides is 4. The van der Waals surface area contributed by atoms with Gasteiger partial charge in [0.05, 0.1) is 23.9 Å². The first-order chi connectivity index (χ1) is 22.6. The predicted octanol–water partition coefficient (Wildman–Crippen LogP) is 6.42. The second kappa shape index (κ2) is 12.0. The van der Waals surface area contributed by atoms with E-state index in [4.69, 9.17) is 4.42 Å². The Morgan fingerprint density at radius 1 is 0.872 bits per heavy atom. The number of rotatable bonds is 7. The number of aryl methyl sites for hydroxylation is 3. The van der Waals surface area contributed by atoms with Gasteiger partial charge in [0.15, 0.2) is 0 Å². The maximum absolute atomic E-state index is 14.9. The molecule has 0 bridgehead atoms. The number of benzene rings is 3. The third kappa shape index (κ3) is 5.45. The summed E-state index contributed by atoms with van der Waals surface area (Å²) in [5, 5.41) is 3.26. The van der Waals surface area contributed by atoms with Crippen molar-refractivity contribution in [2.24, 2.45) is 11.8 Å². The highest BCUT2D eigenvalue weighted by Gasteiger charge is 2.53. The molecule has 1 saturated carbocycles. The van der Waals surface area contributed by atoms with Gasteiger partial charge < -0.3 is 14.6 Å². The smallest absolute Gasteiger partial charge is 0.262 e. The Bertz CT molecular complexity index is 1840. The van der Waals surface area contributed by atoms with Gasteiger partial charge in [-0.1, -0.05) is 54.1 Å². The number of hydrogen-bond donors (Lipinski definition) is 1. The van der Waals surface area contributed by atoms with Crippen LogP contribution in [0, 0.1) is 32.6 Å². The summed E-state index contributed by atoms with van der Waals surface area (Å²) in [5.41, 5.74) is 5.67. The highest BCUT2D eigenvalue weighted by atomic mass is 16.3. The number of hydrogen-bond acceptors (Lipinski definition) is 5. The van der Waals surface area contributed by atoms with Crippen LogP contribution in [0.4, 0.5) is 5.69 Å². The highest BCUT2D eigenvalue weighted by molar-refractivity contribution is 6.22. The van der Waals surface area contributed by atoms with Crippen LogP contribution in [-0.2, 0) is 29.0 Å². The van der Waals surface area contributed by atoms with E-state index in [1.54, 1.807) is 47.6 Å². The van der Waals surface area contributed by atoms with Gasteiger partial charge in [-0.2, -0.15) is 0 Å². The minimum atomic E-state index is -1.25. The Morgan fingerprint density at radius 3 is 2.11 bits per heavy atom. The van der Waals surface area contributed by atoms with Crippen LogP contribution in [0.25, 0.3) is 0 Å². The summed E-state index contributed by atoms with van der Waals surface area (Å²) < 4.78 is 5.74. The maximum atomic E-state index is 14.9. The van der Waals surface area contributed by atoms with Gasteiger partial charge in [-0.3, -0.25) is 24.1 Å². The molecule has 2 aliphatic carbocycles. The third-order valence-electron chi connectivity index (χ3n) is 10.5. The van der Waals surface area contributed by atoms with Crippen molar-refractivity contribution in [3.63, 3.8) is 0 Å². The fourth-order valence-corrected chi connectivity index (χ4v) is 8.21. The first-order valence-corrected chi connectivity index (χ1v) is 16.4. The summed E-state index contributed by atoms with van der Waals surface area (Å²) in [6.07, 6.45) is 4.96. The molecule has 4 amide bonds. The molecule has 8 heteroatoms. The summed E-state index contributed by atoms with van der Waals surface area (Å²) >= 11 is 0. The second-order valence-electron chi connectivity index (χ2n) is 13.5. The summed E-state index contributed by atoms with van der Waals surface area (Å²) in [6, 6.07) is 22.7. The van der Waals surface area contributed by atoms with E-state index >= 15 is 0 Å². The largest absolute Gasteiger partial charge is 0.467 e. The molecule has 4 aromatic rings. The Morgan fingerprint density at radius 2 is 1.49 bits per heavy atom. The first kappa shape index (κ1) is 30.7. The Kier molecular flexibility index (Phi) is 7.82. The van der Waals surface area contributed by atoms with Gasteiger partial charge >= 0.3 is 0 Å². The van der Waals surface area contributed by atoms with Gasteiger partial charge in [-0.05, 0) is 111 Å². The lowest BCUT2D eigenvalue weighted by Gasteiger charge is -2.51. The van der Waals surface area contributed by atoms with Gasteiger partial charge in [-0.15, -0.1) is 0 Å². The summed E-state index contributed by atoms with van der Waals surface area (Å²) in [5.74, 6) is -0.680. The summed E-state index contributed by atoms with van der Waals surface area (Å²) in [4.78, 5) is 58.9. The summed E-state index contributed by atoms with van der Waals surface area (Å²) in [7, 11) is 0. The molecular weight excluding hydrogens is 590 g/mol. The zero-order chi connectivity index (χ0) is 32.9. The van der Waals surface area contributed by atoms with E-state index in [1.165, 1.54) is 11.1 Å². The van der Waals surface area contributed by atoms with Crippen LogP contribution in [0.2, 0.25) is 0 Å². The van der Waals surface area contributed by atoms with E-state index in [1.807, 2.05) is 32.9 Å². The van der Waals surface area contributed by atoms with Crippen molar-refractivity contribution in [3.05, 3.63) is 124 Å². The monoisotopic (exact) mass is 629 g/mol. The number of carbonyl (C=O) groups excluding carboxylic acids is 4. The van der Waals surface area contributed by atoms with Gasteiger partial charge in [0.2, 0.25) is 11.8 Å². The fraction of sp³-hybridized carbons (Fsp3) is 0.333. The molecule has 1 aliphatic heterocycles. The van der Waals surface area contributed by atoms with E-state index in [0.29, 0.717) is 24.5 Å². The molecule has 1 aromatic heterocycles.